The van der Waals surface area contributed by atoms with Gasteiger partial charge >= 0.3 is 0 Å². The van der Waals surface area contributed by atoms with E-state index in [1.54, 1.807) is 26.2 Å². The smallest absolute Gasteiger partial charge is 0.225 e. The zero-order valence-electron chi connectivity index (χ0n) is 13.8. The highest BCUT2D eigenvalue weighted by molar-refractivity contribution is 5.79. The van der Waals surface area contributed by atoms with Gasteiger partial charge in [-0.3, -0.25) is 9.69 Å². The van der Waals surface area contributed by atoms with Crippen LogP contribution in [0.5, 0.6) is 0 Å². The lowest BCUT2D eigenvalue weighted by Gasteiger charge is -2.41. The standard InChI is InChI=1S/C18H24F2N2O/c1-21(2)17(23)14-10-18(20,11-14)15-6-5-13(16(19)9-15)12-22-7-3-4-8-22/h5-6,9,14H,3-4,7-8,10-12H2,1-2H3. The summed E-state index contributed by atoms with van der Waals surface area (Å²) in [5.41, 5.74) is -0.578. The molecule has 126 valence electrons. The molecule has 1 heterocycles. The van der Waals surface area contributed by atoms with Gasteiger partial charge in [0.05, 0.1) is 0 Å². The molecule has 5 heteroatoms. The van der Waals surface area contributed by atoms with E-state index < -0.39 is 5.67 Å². The average molecular weight is 322 g/mol. The lowest BCUT2D eigenvalue weighted by molar-refractivity contribution is -0.142. The fourth-order valence-electron chi connectivity index (χ4n) is 3.63. The quantitative estimate of drug-likeness (QED) is 0.850. The van der Waals surface area contributed by atoms with Crippen LogP contribution in [-0.2, 0) is 17.0 Å². The highest BCUT2D eigenvalue weighted by Crippen LogP contribution is 2.49. The Balaban J connectivity index is 1.67. The predicted octanol–water partition coefficient (Wildman–Crippen LogP) is 3.08. The first-order valence-corrected chi connectivity index (χ1v) is 8.30. The van der Waals surface area contributed by atoms with Crippen molar-refractivity contribution in [3.63, 3.8) is 0 Å². The molecule has 0 spiro atoms. The Morgan fingerprint density at radius 2 is 1.96 bits per heavy atom. The Morgan fingerprint density at radius 1 is 1.30 bits per heavy atom. The third-order valence-corrected chi connectivity index (χ3v) is 5.09. The zero-order chi connectivity index (χ0) is 16.6. The molecule has 0 radical (unpaired) electrons. The zero-order valence-corrected chi connectivity index (χ0v) is 13.8. The number of hydrogen-bond donors (Lipinski definition) is 0. The second kappa shape index (κ2) is 6.19. The first-order chi connectivity index (χ1) is 10.9. The van der Waals surface area contributed by atoms with E-state index in [0.29, 0.717) is 17.7 Å². The van der Waals surface area contributed by atoms with Crippen LogP contribution in [0.2, 0.25) is 0 Å². The Labute approximate surface area is 136 Å². The fraction of sp³-hybridized carbons (Fsp3) is 0.611. The summed E-state index contributed by atoms with van der Waals surface area (Å²) in [4.78, 5) is 15.5. The molecule has 1 aliphatic heterocycles. The van der Waals surface area contributed by atoms with Crippen LogP contribution in [-0.4, -0.2) is 42.9 Å². The van der Waals surface area contributed by atoms with Crippen molar-refractivity contribution < 1.29 is 13.6 Å². The molecule has 1 aliphatic carbocycles. The molecule has 0 aromatic heterocycles. The van der Waals surface area contributed by atoms with Crippen LogP contribution in [0.4, 0.5) is 8.78 Å². The Bertz CT molecular complexity index is 591. The lowest BCUT2D eigenvalue weighted by Crippen LogP contribution is -2.45. The molecule has 2 fully saturated rings. The van der Waals surface area contributed by atoms with Crippen molar-refractivity contribution in [1.29, 1.82) is 0 Å². The van der Waals surface area contributed by atoms with E-state index in [1.165, 1.54) is 11.0 Å². The highest BCUT2D eigenvalue weighted by atomic mass is 19.1. The number of nitrogens with zero attached hydrogens (tertiary/aromatic N) is 2. The number of carbonyl (C=O) groups excluding carboxylic acids is 1. The van der Waals surface area contributed by atoms with Gasteiger partial charge < -0.3 is 4.90 Å². The Morgan fingerprint density at radius 3 is 2.52 bits per heavy atom. The van der Waals surface area contributed by atoms with E-state index in [-0.39, 0.29) is 30.5 Å². The summed E-state index contributed by atoms with van der Waals surface area (Å²) in [6.45, 7) is 2.60. The summed E-state index contributed by atoms with van der Waals surface area (Å²) in [6, 6.07) is 4.71. The van der Waals surface area contributed by atoms with Gasteiger partial charge in [-0.25, -0.2) is 8.78 Å². The van der Waals surface area contributed by atoms with Crippen molar-refractivity contribution in [2.45, 2.75) is 37.9 Å². The molecular formula is C18H24F2N2O. The Hall–Kier alpha value is -1.49. The normalized spacial score (nSPS) is 27.7. The Kier molecular flexibility index (Phi) is 4.41. The number of halogens is 2. The number of hydrogen-bond acceptors (Lipinski definition) is 2. The van der Waals surface area contributed by atoms with Gasteiger partial charge in [0.2, 0.25) is 5.91 Å². The van der Waals surface area contributed by atoms with E-state index in [1.807, 2.05) is 0 Å². The maximum Gasteiger partial charge on any atom is 0.225 e. The molecule has 1 amide bonds. The molecule has 1 saturated carbocycles. The molecule has 1 saturated heterocycles. The molecule has 3 nitrogen and oxygen atoms in total. The van der Waals surface area contributed by atoms with Crippen LogP contribution in [0, 0.1) is 11.7 Å². The molecule has 1 aromatic rings. The van der Waals surface area contributed by atoms with Gasteiger partial charge in [-0.05, 0) is 50.4 Å². The lowest BCUT2D eigenvalue weighted by atomic mass is 9.68. The number of likely N-dealkylation sites (tertiary alicyclic amines) is 1. The first kappa shape index (κ1) is 16.4. The monoisotopic (exact) mass is 322 g/mol. The van der Waals surface area contributed by atoms with Gasteiger partial charge in [0.15, 0.2) is 0 Å². The molecule has 0 unspecified atom stereocenters. The number of amides is 1. The number of carbonyl (C=O) groups is 1. The fourth-order valence-corrected chi connectivity index (χ4v) is 3.63. The molecule has 23 heavy (non-hydrogen) atoms. The summed E-state index contributed by atoms with van der Waals surface area (Å²) >= 11 is 0. The summed E-state index contributed by atoms with van der Waals surface area (Å²) in [7, 11) is 3.35. The largest absolute Gasteiger partial charge is 0.349 e. The van der Waals surface area contributed by atoms with Crippen molar-refractivity contribution in [3.05, 3.63) is 35.1 Å². The van der Waals surface area contributed by atoms with Crippen LogP contribution in [0.25, 0.3) is 0 Å². The molecule has 3 rings (SSSR count). The topological polar surface area (TPSA) is 23.6 Å². The molecule has 2 aliphatic rings. The van der Waals surface area contributed by atoms with Gasteiger partial charge in [-0.1, -0.05) is 12.1 Å². The third kappa shape index (κ3) is 3.25. The van der Waals surface area contributed by atoms with Crippen molar-refractivity contribution in [2.75, 3.05) is 27.2 Å². The molecule has 0 N–H and O–H groups in total. The van der Waals surface area contributed by atoms with E-state index in [2.05, 4.69) is 4.90 Å². The summed E-state index contributed by atoms with van der Waals surface area (Å²) in [5, 5.41) is 0. The number of benzene rings is 1. The maximum atomic E-state index is 14.9. The van der Waals surface area contributed by atoms with Gasteiger partial charge in [0, 0.05) is 32.1 Å². The summed E-state index contributed by atoms with van der Waals surface area (Å²) in [6.07, 6.45) is 2.62. The van der Waals surface area contributed by atoms with Gasteiger partial charge in [0.1, 0.15) is 11.5 Å². The minimum absolute atomic E-state index is 0.0515. The average Bonchev–Trinajstić information content (AvgIpc) is 2.98. The third-order valence-electron chi connectivity index (χ3n) is 5.09. The van der Waals surface area contributed by atoms with Gasteiger partial charge in [0.25, 0.3) is 0 Å². The molecule has 0 bridgehead atoms. The number of rotatable bonds is 4. The minimum Gasteiger partial charge on any atom is -0.349 e. The van der Waals surface area contributed by atoms with E-state index in [0.717, 1.165) is 25.9 Å². The molecule has 1 aromatic carbocycles. The van der Waals surface area contributed by atoms with E-state index >= 15 is 0 Å². The van der Waals surface area contributed by atoms with Crippen LogP contribution in [0.3, 0.4) is 0 Å². The van der Waals surface area contributed by atoms with E-state index in [9.17, 15) is 13.6 Å². The minimum atomic E-state index is -1.57. The van der Waals surface area contributed by atoms with Crippen LogP contribution < -0.4 is 0 Å². The van der Waals surface area contributed by atoms with Crippen molar-refractivity contribution in [3.8, 4) is 0 Å². The van der Waals surface area contributed by atoms with Crippen LogP contribution >= 0.6 is 0 Å². The predicted molar refractivity (Wildman–Crippen MR) is 85.1 cm³/mol. The summed E-state index contributed by atoms with van der Waals surface area (Å²) in [5.74, 6) is -0.680. The second-order valence-electron chi connectivity index (χ2n) is 7.09. The van der Waals surface area contributed by atoms with Crippen LogP contribution in [0.15, 0.2) is 18.2 Å². The van der Waals surface area contributed by atoms with E-state index in [4.69, 9.17) is 0 Å². The SMILES string of the molecule is CN(C)C(=O)C1CC(F)(c2ccc(CN3CCCC3)c(F)c2)C1. The number of alkyl halides is 1. The van der Waals surface area contributed by atoms with Crippen molar-refractivity contribution in [1.82, 2.24) is 9.80 Å². The molecular weight excluding hydrogens is 298 g/mol. The summed E-state index contributed by atoms with van der Waals surface area (Å²) < 4.78 is 29.2. The van der Waals surface area contributed by atoms with Crippen LogP contribution in [0.1, 0.15) is 36.8 Å². The molecule has 0 atom stereocenters. The second-order valence-corrected chi connectivity index (χ2v) is 7.09. The van der Waals surface area contributed by atoms with Gasteiger partial charge in [-0.15, -0.1) is 0 Å². The van der Waals surface area contributed by atoms with Gasteiger partial charge in [-0.2, -0.15) is 0 Å². The van der Waals surface area contributed by atoms with Crippen molar-refractivity contribution in [2.24, 2.45) is 5.92 Å². The highest BCUT2D eigenvalue weighted by Gasteiger charge is 2.49. The van der Waals surface area contributed by atoms with Crippen molar-refractivity contribution >= 4 is 5.91 Å². The maximum absolute atomic E-state index is 14.9. The first-order valence-electron chi connectivity index (χ1n) is 8.30.